The molecule has 1 aromatic rings. The second kappa shape index (κ2) is 3.89. The normalized spacial score (nSPS) is 21.5. The molecule has 0 aromatic heterocycles. The molecule has 1 atom stereocenters. The molecule has 0 saturated heterocycles. The van der Waals surface area contributed by atoms with Crippen molar-refractivity contribution in [3.63, 3.8) is 0 Å². The van der Waals surface area contributed by atoms with Gasteiger partial charge in [0.1, 0.15) is 0 Å². The lowest BCUT2D eigenvalue weighted by Gasteiger charge is -2.10. The molecule has 0 fully saturated rings. The third kappa shape index (κ3) is 1.80. The first-order valence-corrected chi connectivity index (χ1v) is 6.04. The van der Waals surface area contributed by atoms with Crippen molar-refractivity contribution in [2.24, 2.45) is 4.99 Å². The number of fused-ring (bicyclic) bond motifs is 1. The minimum absolute atomic E-state index is 0.0863. The first-order chi connectivity index (χ1) is 8.24. The molecule has 0 amide bonds. The van der Waals surface area contributed by atoms with E-state index in [1.54, 1.807) is 23.9 Å². The molecule has 17 heavy (non-hydrogen) atoms. The van der Waals surface area contributed by atoms with Crippen LogP contribution in [0.25, 0.3) is 0 Å². The summed E-state index contributed by atoms with van der Waals surface area (Å²) >= 11 is 1.61. The van der Waals surface area contributed by atoms with Gasteiger partial charge in [-0.05, 0) is 23.1 Å². The second-order valence-corrected chi connectivity index (χ2v) is 4.70. The number of hydrogen-bond acceptors (Lipinski definition) is 5. The number of nitro benzene ring substituents is 1. The molecule has 1 aromatic carbocycles. The van der Waals surface area contributed by atoms with Gasteiger partial charge in [0.05, 0.1) is 17.5 Å². The molecule has 5 nitrogen and oxygen atoms in total. The molecule has 0 bridgehead atoms. The molecule has 6 heteroatoms. The van der Waals surface area contributed by atoms with Crippen LogP contribution in [0.3, 0.4) is 0 Å². The summed E-state index contributed by atoms with van der Waals surface area (Å²) in [5.41, 5.74) is 1.14. The predicted octanol–water partition coefficient (Wildman–Crippen LogP) is 2.53. The lowest BCUT2D eigenvalue weighted by molar-refractivity contribution is -0.384. The van der Waals surface area contributed by atoms with Gasteiger partial charge in [0.15, 0.2) is 5.17 Å². The van der Waals surface area contributed by atoms with E-state index >= 15 is 0 Å². The molecule has 0 N–H and O–H groups in total. The van der Waals surface area contributed by atoms with Crippen LogP contribution in [0.15, 0.2) is 40.9 Å². The van der Waals surface area contributed by atoms with Crippen molar-refractivity contribution in [3.8, 4) is 0 Å². The number of amidine groups is 1. The maximum absolute atomic E-state index is 10.6. The number of thioether (sulfide) groups is 1. The first-order valence-electron chi connectivity index (χ1n) is 5.16. The molecule has 3 rings (SSSR count). The van der Waals surface area contributed by atoms with E-state index < -0.39 is 0 Å². The van der Waals surface area contributed by atoms with Crippen LogP contribution in [0.5, 0.6) is 0 Å². The largest absolute Gasteiger partial charge is 0.325 e. The van der Waals surface area contributed by atoms with Gasteiger partial charge >= 0.3 is 0 Å². The molecule has 0 spiro atoms. The third-order valence-corrected chi connectivity index (χ3v) is 3.59. The SMILES string of the molecule is O=[N+]([O-])c1ccc(C2CN3C=CSC3=N2)cc1. The molecule has 86 valence electrons. The number of benzene rings is 1. The van der Waals surface area contributed by atoms with Crippen LogP contribution in [-0.4, -0.2) is 21.5 Å². The molecule has 0 radical (unpaired) electrons. The Labute approximate surface area is 102 Å². The topological polar surface area (TPSA) is 58.7 Å². The maximum Gasteiger partial charge on any atom is 0.269 e. The standard InChI is InChI=1S/C11H9N3O2S/c15-14(16)9-3-1-8(2-4-9)10-7-13-5-6-17-11(13)12-10/h1-6,10H,7H2. The summed E-state index contributed by atoms with van der Waals surface area (Å²) in [4.78, 5) is 16.8. The van der Waals surface area contributed by atoms with Crippen molar-refractivity contribution in [1.29, 1.82) is 0 Å². The van der Waals surface area contributed by atoms with E-state index in [2.05, 4.69) is 9.89 Å². The van der Waals surface area contributed by atoms with Crippen molar-refractivity contribution in [2.45, 2.75) is 6.04 Å². The Bertz CT molecular complexity index is 524. The summed E-state index contributed by atoms with van der Waals surface area (Å²) in [5, 5.41) is 13.6. The van der Waals surface area contributed by atoms with Gasteiger partial charge in [0.2, 0.25) is 0 Å². The Balaban J connectivity index is 1.82. The summed E-state index contributed by atoms with van der Waals surface area (Å²) < 4.78 is 0. The number of non-ortho nitro benzene ring substituents is 1. The second-order valence-electron chi connectivity index (χ2n) is 3.83. The minimum atomic E-state index is -0.388. The van der Waals surface area contributed by atoms with E-state index in [0.717, 1.165) is 17.3 Å². The fourth-order valence-corrected chi connectivity index (χ4v) is 2.69. The summed E-state index contributed by atoms with van der Waals surface area (Å²) in [6.45, 7) is 0.816. The van der Waals surface area contributed by atoms with Crippen LogP contribution < -0.4 is 0 Å². The molecule has 2 aliphatic rings. The van der Waals surface area contributed by atoms with E-state index in [-0.39, 0.29) is 16.7 Å². The highest BCUT2D eigenvalue weighted by molar-refractivity contribution is 8.16. The molecule has 2 aliphatic heterocycles. The number of nitrogens with zero attached hydrogens (tertiary/aromatic N) is 3. The quantitative estimate of drug-likeness (QED) is 0.595. The summed E-state index contributed by atoms with van der Waals surface area (Å²) in [6.07, 6.45) is 2.01. The molecule has 0 aliphatic carbocycles. The molecular formula is C11H9N3O2S. The van der Waals surface area contributed by atoms with Gasteiger partial charge in [-0.15, -0.1) is 0 Å². The zero-order valence-corrected chi connectivity index (χ0v) is 9.63. The van der Waals surface area contributed by atoms with E-state index in [1.807, 2.05) is 11.6 Å². The highest BCUT2D eigenvalue weighted by atomic mass is 32.2. The van der Waals surface area contributed by atoms with Gasteiger partial charge in [-0.2, -0.15) is 0 Å². The number of rotatable bonds is 2. The predicted molar refractivity (Wildman–Crippen MR) is 66.7 cm³/mol. The van der Waals surface area contributed by atoms with Gasteiger partial charge in [0, 0.05) is 18.3 Å². The Kier molecular flexibility index (Phi) is 2.36. The van der Waals surface area contributed by atoms with Crippen LogP contribution in [-0.2, 0) is 0 Å². The summed E-state index contributed by atoms with van der Waals surface area (Å²) in [7, 11) is 0. The van der Waals surface area contributed by atoms with Gasteiger partial charge in [-0.3, -0.25) is 15.1 Å². The highest BCUT2D eigenvalue weighted by Crippen LogP contribution is 2.33. The van der Waals surface area contributed by atoms with E-state index in [0.29, 0.717) is 0 Å². The number of aliphatic imine (C=N–C) groups is 1. The number of nitro groups is 1. The molecular weight excluding hydrogens is 238 g/mol. The van der Waals surface area contributed by atoms with Gasteiger partial charge in [-0.1, -0.05) is 11.8 Å². The zero-order valence-electron chi connectivity index (χ0n) is 8.81. The molecule has 2 heterocycles. The Morgan fingerprint density at radius 2 is 2.18 bits per heavy atom. The zero-order chi connectivity index (χ0) is 11.8. The van der Waals surface area contributed by atoms with Crippen LogP contribution in [0.4, 0.5) is 5.69 Å². The van der Waals surface area contributed by atoms with Gasteiger partial charge in [-0.25, -0.2) is 0 Å². The van der Waals surface area contributed by atoms with E-state index in [9.17, 15) is 10.1 Å². The van der Waals surface area contributed by atoms with Gasteiger partial charge in [0.25, 0.3) is 5.69 Å². The first kappa shape index (κ1) is 10.3. The fourth-order valence-electron chi connectivity index (χ4n) is 1.90. The Morgan fingerprint density at radius 1 is 1.41 bits per heavy atom. The van der Waals surface area contributed by atoms with Crippen LogP contribution in [0, 0.1) is 10.1 Å². The average Bonchev–Trinajstić information content (AvgIpc) is 2.89. The highest BCUT2D eigenvalue weighted by Gasteiger charge is 2.27. The van der Waals surface area contributed by atoms with Crippen molar-refractivity contribution in [1.82, 2.24) is 4.90 Å². The van der Waals surface area contributed by atoms with Crippen molar-refractivity contribution in [2.75, 3.05) is 6.54 Å². The maximum atomic E-state index is 10.6. The fraction of sp³-hybridized carbons (Fsp3) is 0.182. The number of hydrogen-bond donors (Lipinski definition) is 0. The third-order valence-electron chi connectivity index (χ3n) is 2.78. The van der Waals surface area contributed by atoms with Crippen LogP contribution in [0.1, 0.15) is 11.6 Å². The summed E-state index contributed by atoms with van der Waals surface area (Å²) in [5.74, 6) is 0. The smallest absolute Gasteiger partial charge is 0.269 e. The Hall–Kier alpha value is -1.82. The van der Waals surface area contributed by atoms with Crippen LogP contribution >= 0.6 is 11.8 Å². The van der Waals surface area contributed by atoms with Crippen LogP contribution in [0.2, 0.25) is 0 Å². The van der Waals surface area contributed by atoms with E-state index in [4.69, 9.17) is 0 Å². The van der Waals surface area contributed by atoms with Crippen molar-refractivity contribution >= 4 is 22.6 Å². The lowest BCUT2D eigenvalue weighted by Crippen LogP contribution is -2.15. The minimum Gasteiger partial charge on any atom is -0.325 e. The monoisotopic (exact) mass is 247 g/mol. The summed E-state index contributed by atoms with van der Waals surface area (Å²) in [6, 6.07) is 6.71. The van der Waals surface area contributed by atoms with E-state index in [1.165, 1.54) is 12.1 Å². The lowest BCUT2D eigenvalue weighted by atomic mass is 10.1. The molecule has 1 unspecified atom stereocenters. The average molecular weight is 247 g/mol. The Morgan fingerprint density at radius 3 is 2.82 bits per heavy atom. The van der Waals surface area contributed by atoms with Gasteiger partial charge < -0.3 is 4.90 Å². The van der Waals surface area contributed by atoms with Crippen molar-refractivity contribution in [3.05, 3.63) is 51.6 Å². The molecule has 0 saturated carbocycles. The van der Waals surface area contributed by atoms with Crippen molar-refractivity contribution < 1.29 is 4.92 Å².